The van der Waals surface area contributed by atoms with E-state index in [9.17, 15) is 0 Å². The second-order valence-corrected chi connectivity index (χ2v) is 5.95. The van der Waals surface area contributed by atoms with Crippen molar-refractivity contribution in [1.82, 2.24) is 4.90 Å². The summed E-state index contributed by atoms with van der Waals surface area (Å²) in [4.78, 5) is 2.04. The Labute approximate surface area is 142 Å². The van der Waals surface area contributed by atoms with Gasteiger partial charge in [-0.25, -0.2) is 0 Å². The van der Waals surface area contributed by atoms with E-state index in [2.05, 4.69) is 12.6 Å². The van der Waals surface area contributed by atoms with Crippen LogP contribution in [0, 0.1) is 0 Å². The van der Waals surface area contributed by atoms with Crippen molar-refractivity contribution >= 4 is 29.2 Å². The molecule has 0 heterocycles. The maximum absolute atomic E-state index is 5.25. The van der Waals surface area contributed by atoms with Crippen molar-refractivity contribution < 1.29 is 9.47 Å². The fourth-order valence-electron chi connectivity index (χ4n) is 2.09. The predicted molar refractivity (Wildman–Crippen MR) is 96.8 cm³/mol. The Morgan fingerprint density at radius 2 is 1.23 bits per heavy atom. The molecule has 0 bridgehead atoms. The Morgan fingerprint density at radius 3 is 1.50 bits per heavy atom. The molecule has 0 fully saturated rings. The zero-order valence-corrected chi connectivity index (χ0v) is 14.4. The lowest BCUT2D eigenvalue weighted by atomic mass is 10.1. The molecular weight excluding hydrogens is 314 g/mol. The van der Waals surface area contributed by atoms with Gasteiger partial charge in [-0.2, -0.15) is 0 Å². The third kappa shape index (κ3) is 4.64. The van der Waals surface area contributed by atoms with Crippen LogP contribution in [0.2, 0.25) is 0 Å². The molecule has 5 heteroatoms. The number of rotatable bonds is 6. The smallest absolute Gasteiger partial charge is 0.133 e. The normalized spacial score (nSPS) is 10.1. The highest BCUT2D eigenvalue weighted by Crippen LogP contribution is 2.17. The monoisotopic (exact) mass is 333 g/mol. The Morgan fingerprint density at radius 1 is 0.864 bits per heavy atom. The van der Waals surface area contributed by atoms with Crippen LogP contribution in [-0.2, 0) is 13.1 Å². The van der Waals surface area contributed by atoms with Crippen LogP contribution in [0.3, 0.4) is 0 Å². The maximum Gasteiger partial charge on any atom is 0.133 e. The first-order valence-electron chi connectivity index (χ1n) is 6.86. The number of hydrogen-bond donors (Lipinski definition) is 1. The number of thiol groups is 1. The lowest BCUT2D eigenvalue weighted by Crippen LogP contribution is -2.25. The largest absolute Gasteiger partial charge is 0.497 e. The molecule has 0 spiro atoms. The van der Waals surface area contributed by atoms with Crippen molar-refractivity contribution in [2.24, 2.45) is 0 Å². The fraction of sp³-hybridized carbons (Fsp3) is 0.235. The number of benzene rings is 2. The molecule has 0 amide bonds. The number of methoxy groups -OCH3 is 2. The van der Waals surface area contributed by atoms with Crippen molar-refractivity contribution in [3.05, 3.63) is 59.7 Å². The maximum atomic E-state index is 5.25. The molecule has 0 atom stereocenters. The van der Waals surface area contributed by atoms with Crippen LogP contribution in [0.5, 0.6) is 11.5 Å². The molecule has 2 rings (SSSR count). The van der Waals surface area contributed by atoms with Gasteiger partial charge in [0, 0.05) is 13.1 Å². The van der Waals surface area contributed by atoms with Gasteiger partial charge in [0.05, 0.1) is 14.2 Å². The SMILES string of the molecule is COc1ccc(CN(Cc2ccc(OC)cc2)C(=S)S)cc1. The summed E-state index contributed by atoms with van der Waals surface area (Å²) in [5.41, 5.74) is 2.32. The molecule has 0 unspecified atom stereocenters. The molecule has 116 valence electrons. The minimum atomic E-state index is 0.576. The van der Waals surface area contributed by atoms with Crippen molar-refractivity contribution in [2.45, 2.75) is 13.1 Å². The van der Waals surface area contributed by atoms with Gasteiger partial charge in [-0.15, -0.1) is 12.6 Å². The summed E-state index contributed by atoms with van der Waals surface area (Å²) >= 11 is 9.59. The fourth-order valence-corrected chi connectivity index (χ4v) is 2.36. The first-order valence-corrected chi connectivity index (χ1v) is 7.71. The summed E-state index contributed by atoms with van der Waals surface area (Å²) in [5.74, 6) is 1.69. The number of thiocarbonyl (C=S) groups is 1. The minimum absolute atomic E-state index is 0.576. The molecule has 2 aromatic rings. The highest BCUT2D eigenvalue weighted by atomic mass is 32.1. The van der Waals surface area contributed by atoms with E-state index < -0.39 is 0 Å². The van der Waals surface area contributed by atoms with Crippen LogP contribution in [0.4, 0.5) is 0 Å². The number of ether oxygens (including phenoxy) is 2. The zero-order chi connectivity index (χ0) is 15.9. The molecule has 22 heavy (non-hydrogen) atoms. The third-order valence-corrected chi connectivity index (χ3v) is 3.88. The molecule has 3 nitrogen and oxygen atoms in total. The number of nitrogens with zero attached hydrogens (tertiary/aromatic N) is 1. The lowest BCUT2D eigenvalue weighted by molar-refractivity contribution is 0.408. The number of hydrogen-bond acceptors (Lipinski definition) is 3. The van der Waals surface area contributed by atoms with Crippen molar-refractivity contribution in [2.75, 3.05) is 14.2 Å². The topological polar surface area (TPSA) is 21.7 Å². The molecule has 0 aliphatic carbocycles. The molecule has 2 aromatic carbocycles. The Bertz CT molecular complexity index is 562. The predicted octanol–water partition coefficient (Wildman–Crippen LogP) is 3.92. The van der Waals surface area contributed by atoms with Crippen LogP contribution in [0.15, 0.2) is 48.5 Å². The average molecular weight is 333 g/mol. The molecule has 0 saturated carbocycles. The summed E-state index contributed by atoms with van der Waals surface area (Å²) in [6.07, 6.45) is 0. The Balaban J connectivity index is 2.06. The van der Waals surface area contributed by atoms with Crippen LogP contribution in [0.1, 0.15) is 11.1 Å². The van der Waals surface area contributed by atoms with Gasteiger partial charge in [0.2, 0.25) is 0 Å². The highest BCUT2D eigenvalue weighted by Gasteiger charge is 2.09. The van der Waals surface area contributed by atoms with Crippen LogP contribution in [-0.4, -0.2) is 23.4 Å². The van der Waals surface area contributed by atoms with Gasteiger partial charge in [-0.05, 0) is 35.4 Å². The summed E-state index contributed by atoms with van der Waals surface area (Å²) in [5, 5.41) is 0. The van der Waals surface area contributed by atoms with Crippen LogP contribution in [0.25, 0.3) is 0 Å². The second kappa shape index (κ2) is 8.06. The lowest BCUT2D eigenvalue weighted by Gasteiger charge is -2.23. The highest BCUT2D eigenvalue weighted by molar-refractivity contribution is 8.10. The first kappa shape index (κ1) is 16.6. The van der Waals surface area contributed by atoms with Gasteiger partial charge in [0.15, 0.2) is 0 Å². The summed E-state index contributed by atoms with van der Waals surface area (Å²) in [6.45, 7) is 1.41. The van der Waals surface area contributed by atoms with Crippen molar-refractivity contribution in [3.8, 4) is 11.5 Å². The van der Waals surface area contributed by atoms with Gasteiger partial charge < -0.3 is 14.4 Å². The summed E-state index contributed by atoms with van der Waals surface area (Å²) in [6, 6.07) is 15.9. The van der Waals surface area contributed by atoms with Crippen molar-refractivity contribution in [3.63, 3.8) is 0 Å². The van der Waals surface area contributed by atoms with E-state index in [0.717, 1.165) is 22.6 Å². The quantitative estimate of drug-likeness (QED) is 0.639. The van der Waals surface area contributed by atoms with E-state index in [1.807, 2.05) is 53.4 Å². The van der Waals surface area contributed by atoms with Gasteiger partial charge in [0.25, 0.3) is 0 Å². The van der Waals surface area contributed by atoms with E-state index in [1.54, 1.807) is 14.2 Å². The molecule has 0 aliphatic rings. The molecule has 0 aliphatic heterocycles. The molecular formula is C17H19NO2S2. The molecule has 0 aromatic heterocycles. The van der Waals surface area contributed by atoms with E-state index in [-0.39, 0.29) is 0 Å². The van der Waals surface area contributed by atoms with Gasteiger partial charge in [-0.3, -0.25) is 0 Å². The molecule has 0 N–H and O–H groups in total. The summed E-state index contributed by atoms with van der Waals surface area (Å²) < 4.78 is 10.9. The Hall–Kier alpha value is -1.72. The van der Waals surface area contributed by atoms with E-state index in [4.69, 9.17) is 21.7 Å². The summed E-state index contributed by atoms with van der Waals surface area (Å²) in [7, 11) is 3.32. The average Bonchev–Trinajstić information content (AvgIpc) is 2.55. The Kier molecular flexibility index (Phi) is 6.10. The van der Waals surface area contributed by atoms with E-state index in [0.29, 0.717) is 17.4 Å². The third-order valence-electron chi connectivity index (χ3n) is 3.34. The van der Waals surface area contributed by atoms with Gasteiger partial charge in [-0.1, -0.05) is 36.5 Å². The van der Waals surface area contributed by atoms with Crippen LogP contribution < -0.4 is 9.47 Å². The standard InChI is InChI=1S/C17H19NO2S2/c1-19-15-7-3-13(4-8-15)11-18(17(21)22)12-14-5-9-16(20-2)10-6-14/h3-10H,11-12H2,1-2H3,(H,21,22). The van der Waals surface area contributed by atoms with Gasteiger partial charge in [0.1, 0.15) is 15.8 Å². The van der Waals surface area contributed by atoms with Crippen molar-refractivity contribution in [1.29, 1.82) is 0 Å². The van der Waals surface area contributed by atoms with E-state index >= 15 is 0 Å². The van der Waals surface area contributed by atoms with Gasteiger partial charge >= 0.3 is 0 Å². The zero-order valence-electron chi connectivity index (χ0n) is 12.7. The van der Waals surface area contributed by atoms with Crippen LogP contribution >= 0.6 is 24.8 Å². The second-order valence-electron chi connectivity index (χ2n) is 4.83. The molecule has 0 saturated heterocycles. The molecule has 0 radical (unpaired) electrons. The van der Waals surface area contributed by atoms with E-state index in [1.165, 1.54) is 0 Å². The minimum Gasteiger partial charge on any atom is -0.497 e. The first-order chi connectivity index (χ1) is 10.6.